The summed E-state index contributed by atoms with van der Waals surface area (Å²) in [5.74, 6) is -0.251. The minimum absolute atomic E-state index is 0.0438. The van der Waals surface area contributed by atoms with Crippen molar-refractivity contribution in [2.24, 2.45) is 0 Å². The normalized spacial score (nSPS) is 10.3. The molecule has 1 rings (SSSR count). The molecule has 0 saturated heterocycles. The maximum absolute atomic E-state index is 13.2. The first-order chi connectivity index (χ1) is 7.15. The van der Waals surface area contributed by atoms with Crippen LogP contribution in [0, 0.1) is 12.7 Å². The van der Waals surface area contributed by atoms with Crippen LogP contribution in [0.15, 0.2) is 18.2 Å². The minimum Gasteiger partial charge on any atom is -0.294 e. The predicted octanol–water partition coefficient (Wildman–Crippen LogP) is 3.90. The Hall–Kier alpha value is -1.18. The van der Waals surface area contributed by atoms with E-state index in [0.717, 1.165) is 19.3 Å². The first-order valence-electron chi connectivity index (χ1n) is 5.44. The number of carbonyl (C=O) groups is 1. The Morgan fingerprint density at radius 2 is 2.07 bits per heavy atom. The number of hydrogen-bond donors (Lipinski definition) is 0. The van der Waals surface area contributed by atoms with Gasteiger partial charge in [0, 0.05) is 12.0 Å². The number of unbranched alkanes of at least 4 members (excludes halogenated alkanes) is 2. The third-order valence-electron chi connectivity index (χ3n) is 2.50. The molecule has 0 radical (unpaired) electrons. The predicted molar refractivity (Wildman–Crippen MR) is 59.6 cm³/mol. The van der Waals surface area contributed by atoms with Crippen LogP contribution in [0.2, 0.25) is 0 Å². The zero-order valence-corrected chi connectivity index (χ0v) is 9.35. The average molecular weight is 208 g/mol. The van der Waals surface area contributed by atoms with E-state index in [1.54, 1.807) is 19.1 Å². The van der Waals surface area contributed by atoms with Crippen molar-refractivity contribution < 1.29 is 9.18 Å². The first kappa shape index (κ1) is 11.9. The molecule has 0 aliphatic rings. The number of Topliss-reactive ketones (excluding diaryl/α,β-unsaturated/α-hetero) is 1. The molecule has 1 aromatic carbocycles. The van der Waals surface area contributed by atoms with E-state index < -0.39 is 0 Å². The maximum atomic E-state index is 13.2. The fraction of sp³-hybridized carbons (Fsp3) is 0.462. The molecular weight excluding hydrogens is 191 g/mol. The van der Waals surface area contributed by atoms with E-state index >= 15 is 0 Å². The molecule has 1 nitrogen and oxygen atoms in total. The summed E-state index contributed by atoms with van der Waals surface area (Å²) in [5.41, 5.74) is 1.08. The molecule has 0 unspecified atom stereocenters. The van der Waals surface area contributed by atoms with E-state index in [9.17, 15) is 9.18 Å². The second kappa shape index (κ2) is 5.64. The largest absolute Gasteiger partial charge is 0.294 e. The Bertz CT molecular complexity index is 344. The Kier molecular flexibility index (Phi) is 4.47. The Morgan fingerprint density at radius 1 is 1.33 bits per heavy atom. The van der Waals surface area contributed by atoms with Gasteiger partial charge >= 0.3 is 0 Å². The van der Waals surface area contributed by atoms with Crippen molar-refractivity contribution >= 4 is 5.78 Å². The second-order valence-electron chi connectivity index (χ2n) is 3.84. The van der Waals surface area contributed by atoms with Crippen LogP contribution in [-0.2, 0) is 0 Å². The van der Waals surface area contributed by atoms with E-state index in [4.69, 9.17) is 0 Å². The lowest BCUT2D eigenvalue weighted by molar-refractivity contribution is 0.0979. The van der Waals surface area contributed by atoms with Gasteiger partial charge in [-0.05, 0) is 25.0 Å². The Labute approximate surface area is 90.3 Å². The number of hydrogen-bond acceptors (Lipinski definition) is 1. The Balaban J connectivity index is 2.62. The molecule has 0 fully saturated rings. The van der Waals surface area contributed by atoms with E-state index in [2.05, 4.69) is 6.92 Å². The highest BCUT2D eigenvalue weighted by atomic mass is 19.1. The topological polar surface area (TPSA) is 17.1 Å². The van der Waals surface area contributed by atoms with Crippen LogP contribution >= 0.6 is 0 Å². The lowest BCUT2D eigenvalue weighted by Crippen LogP contribution is -2.00. The van der Waals surface area contributed by atoms with Crippen molar-refractivity contribution in [2.75, 3.05) is 0 Å². The van der Waals surface area contributed by atoms with Crippen molar-refractivity contribution in [1.29, 1.82) is 0 Å². The highest BCUT2D eigenvalue weighted by Gasteiger charge is 2.07. The summed E-state index contributed by atoms with van der Waals surface area (Å²) in [6.07, 6.45) is 3.57. The minimum atomic E-state index is -0.295. The van der Waals surface area contributed by atoms with Crippen molar-refractivity contribution in [3.63, 3.8) is 0 Å². The van der Waals surface area contributed by atoms with Gasteiger partial charge in [-0.3, -0.25) is 4.79 Å². The standard InChI is InChI=1S/C13H17FO/c1-3-4-5-6-13(15)11-8-7-10(2)12(14)9-11/h7-9H,3-6H2,1-2H3. The van der Waals surface area contributed by atoms with Crippen molar-refractivity contribution in [2.45, 2.75) is 39.5 Å². The average Bonchev–Trinajstić information content (AvgIpc) is 2.22. The van der Waals surface area contributed by atoms with Gasteiger partial charge in [0.05, 0.1) is 0 Å². The third-order valence-corrected chi connectivity index (χ3v) is 2.50. The number of halogens is 1. The molecule has 0 bridgehead atoms. The van der Waals surface area contributed by atoms with Gasteiger partial charge in [-0.15, -0.1) is 0 Å². The van der Waals surface area contributed by atoms with Crippen LogP contribution in [-0.4, -0.2) is 5.78 Å². The van der Waals surface area contributed by atoms with Gasteiger partial charge in [-0.2, -0.15) is 0 Å². The highest BCUT2D eigenvalue weighted by Crippen LogP contribution is 2.12. The van der Waals surface area contributed by atoms with Crippen molar-refractivity contribution in [3.05, 3.63) is 35.1 Å². The number of ketones is 1. The summed E-state index contributed by atoms with van der Waals surface area (Å²) in [6.45, 7) is 3.79. The molecular formula is C13H17FO. The maximum Gasteiger partial charge on any atom is 0.162 e. The summed E-state index contributed by atoms with van der Waals surface area (Å²) in [5, 5.41) is 0. The fourth-order valence-electron chi connectivity index (χ4n) is 1.45. The molecule has 0 aliphatic carbocycles. The lowest BCUT2D eigenvalue weighted by atomic mass is 10.0. The van der Waals surface area contributed by atoms with Gasteiger partial charge in [-0.1, -0.05) is 31.9 Å². The van der Waals surface area contributed by atoms with Crippen LogP contribution in [0.25, 0.3) is 0 Å². The van der Waals surface area contributed by atoms with Crippen LogP contribution in [0.4, 0.5) is 4.39 Å². The molecule has 0 saturated carbocycles. The van der Waals surface area contributed by atoms with Crippen molar-refractivity contribution in [3.8, 4) is 0 Å². The van der Waals surface area contributed by atoms with E-state index in [-0.39, 0.29) is 11.6 Å². The molecule has 0 N–H and O–H groups in total. The summed E-state index contributed by atoms with van der Waals surface area (Å²) in [6, 6.07) is 4.69. The van der Waals surface area contributed by atoms with Crippen molar-refractivity contribution in [1.82, 2.24) is 0 Å². The first-order valence-corrected chi connectivity index (χ1v) is 5.44. The summed E-state index contributed by atoms with van der Waals surface area (Å²) < 4.78 is 13.2. The quantitative estimate of drug-likeness (QED) is 0.530. The summed E-state index contributed by atoms with van der Waals surface area (Å²) in [4.78, 5) is 11.6. The molecule has 0 heterocycles. The zero-order chi connectivity index (χ0) is 11.3. The van der Waals surface area contributed by atoms with E-state index in [1.807, 2.05) is 0 Å². The molecule has 0 spiro atoms. The molecule has 0 amide bonds. The molecule has 1 aromatic rings. The summed E-state index contributed by atoms with van der Waals surface area (Å²) in [7, 11) is 0. The third kappa shape index (κ3) is 3.46. The molecule has 15 heavy (non-hydrogen) atoms. The summed E-state index contributed by atoms with van der Waals surface area (Å²) >= 11 is 0. The van der Waals surface area contributed by atoms with E-state index in [1.165, 1.54) is 6.07 Å². The van der Waals surface area contributed by atoms with Gasteiger partial charge in [-0.25, -0.2) is 4.39 Å². The molecule has 0 aliphatic heterocycles. The van der Waals surface area contributed by atoms with Gasteiger partial charge in [0.1, 0.15) is 5.82 Å². The highest BCUT2D eigenvalue weighted by molar-refractivity contribution is 5.96. The molecule has 2 heteroatoms. The van der Waals surface area contributed by atoms with Gasteiger partial charge < -0.3 is 0 Å². The number of rotatable bonds is 5. The Morgan fingerprint density at radius 3 is 2.67 bits per heavy atom. The van der Waals surface area contributed by atoms with Crippen LogP contribution < -0.4 is 0 Å². The smallest absolute Gasteiger partial charge is 0.162 e. The van der Waals surface area contributed by atoms with Crippen LogP contribution in [0.3, 0.4) is 0 Å². The fourth-order valence-corrected chi connectivity index (χ4v) is 1.45. The zero-order valence-electron chi connectivity index (χ0n) is 9.35. The van der Waals surface area contributed by atoms with Gasteiger partial charge in [0.25, 0.3) is 0 Å². The van der Waals surface area contributed by atoms with Gasteiger partial charge in [0.15, 0.2) is 5.78 Å². The molecule has 0 aromatic heterocycles. The van der Waals surface area contributed by atoms with Crippen LogP contribution in [0.5, 0.6) is 0 Å². The SMILES string of the molecule is CCCCCC(=O)c1ccc(C)c(F)c1. The van der Waals surface area contributed by atoms with Gasteiger partial charge in [0.2, 0.25) is 0 Å². The molecule has 0 atom stereocenters. The number of aryl methyl sites for hydroxylation is 1. The van der Waals surface area contributed by atoms with E-state index in [0.29, 0.717) is 17.5 Å². The number of benzene rings is 1. The monoisotopic (exact) mass is 208 g/mol. The number of carbonyl (C=O) groups excluding carboxylic acids is 1. The van der Waals surface area contributed by atoms with Crippen LogP contribution in [0.1, 0.15) is 48.5 Å². The second-order valence-corrected chi connectivity index (χ2v) is 3.84. The molecule has 82 valence electrons. The lowest BCUT2D eigenvalue weighted by Gasteiger charge is -2.02.